The van der Waals surface area contributed by atoms with Gasteiger partial charge in [0.2, 0.25) is 11.8 Å². The highest BCUT2D eigenvalue weighted by Crippen LogP contribution is 2.40. The summed E-state index contributed by atoms with van der Waals surface area (Å²) < 4.78 is 5.41. The van der Waals surface area contributed by atoms with E-state index >= 15 is 0 Å². The predicted molar refractivity (Wildman–Crippen MR) is 101 cm³/mol. The number of carbonyl (C=O) groups is 2. The Labute approximate surface area is 160 Å². The molecule has 27 heavy (non-hydrogen) atoms. The van der Waals surface area contributed by atoms with Crippen LogP contribution in [0.15, 0.2) is 24.5 Å². The molecule has 3 saturated heterocycles. The Morgan fingerprint density at radius 3 is 2.74 bits per heavy atom. The van der Waals surface area contributed by atoms with Gasteiger partial charge in [-0.25, -0.2) is 0 Å². The topological polar surface area (TPSA) is 62.7 Å². The number of likely N-dealkylation sites (tertiary alicyclic amines) is 2. The van der Waals surface area contributed by atoms with Crippen LogP contribution in [0.4, 0.5) is 0 Å². The number of piperidine rings is 2. The molecule has 0 aromatic carbocycles. The second-order valence-electron chi connectivity index (χ2n) is 8.36. The van der Waals surface area contributed by atoms with E-state index in [0.717, 1.165) is 57.3 Å². The minimum atomic E-state index is 0.0556. The Balaban J connectivity index is 1.43. The summed E-state index contributed by atoms with van der Waals surface area (Å²) in [6.07, 6.45) is 8.85. The maximum atomic E-state index is 13.0. The van der Waals surface area contributed by atoms with Crippen molar-refractivity contribution in [1.82, 2.24) is 14.8 Å². The molecular formula is C21H29N3O3. The highest BCUT2D eigenvalue weighted by atomic mass is 16.5. The second-order valence-corrected chi connectivity index (χ2v) is 8.36. The zero-order chi connectivity index (χ0) is 18.7. The molecule has 3 fully saturated rings. The Bertz CT molecular complexity index is 675. The summed E-state index contributed by atoms with van der Waals surface area (Å²) in [5.74, 6) is 0.646. The molecule has 1 aromatic rings. The van der Waals surface area contributed by atoms with E-state index in [9.17, 15) is 9.59 Å². The molecule has 146 valence electrons. The van der Waals surface area contributed by atoms with Gasteiger partial charge < -0.3 is 14.5 Å². The molecule has 6 heteroatoms. The molecule has 0 N–H and O–H groups in total. The molecule has 1 spiro atoms. The van der Waals surface area contributed by atoms with Gasteiger partial charge >= 0.3 is 0 Å². The molecule has 4 heterocycles. The molecule has 0 radical (unpaired) electrons. The lowest BCUT2D eigenvalue weighted by Gasteiger charge is -2.49. The average molecular weight is 371 g/mol. The van der Waals surface area contributed by atoms with Gasteiger partial charge in [-0.15, -0.1) is 0 Å². The molecule has 0 saturated carbocycles. The van der Waals surface area contributed by atoms with E-state index in [1.807, 2.05) is 17.0 Å². The van der Waals surface area contributed by atoms with Crippen molar-refractivity contribution in [2.75, 3.05) is 32.8 Å². The zero-order valence-electron chi connectivity index (χ0n) is 15.9. The maximum Gasteiger partial charge on any atom is 0.225 e. The van der Waals surface area contributed by atoms with Crippen LogP contribution in [0.25, 0.3) is 0 Å². The van der Waals surface area contributed by atoms with Crippen molar-refractivity contribution in [2.24, 2.45) is 11.3 Å². The van der Waals surface area contributed by atoms with Crippen LogP contribution < -0.4 is 0 Å². The third kappa shape index (κ3) is 4.15. The number of hydrogen-bond donors (Lipinski definition) is 0. The Morgan fingerprint density at radius 1 is 1.19 bits per heavy atom. The fraction of sp³-hybridized carbons (Fsp3) is 0.667. The quantitative estimate of drug-likeness (QED) is 0.817. The average Bonchev–Trinajstić information content (AvgIpc) is 2.72. The van der Waals surface area contributed by atoms with Gasteiger partial charge in [-0.3, -0.25) is 14.6 Å². The van der Waals surface area contributed by atoms with Crippen molar-refractivity contribution in [3.63, 3.8) is 0 Å². The Morgan fingerprint density at radius 2 is 1.96 bits per heavy atom. The number of pyridine rings is 1. The third-order valence-electron chi connectivity index (χ3n) is 6.41. The summed E-state index contributed by atoms with van der Waals surface area (Å²) in [5.41, 5.74) is 1.17. The molecule has 3 aliphatic heterocycles. The monoisotopic (exact) mass is 371 g/mol. The van der Waals surface area contributed by atoms with Crippen molar-refractivity contribution >= 4 is 11.8 Å². The van der Waals surface area contributed by atoms with Gasteiger partial charge in [-0.05, 0) is 49.8 Å². The first-order valence-corrected chi connectivity index (χ1v) is 10.2. The normalized spacial score (nSPS) is 27.2. The van der Waals surface area contributed by atoms with Crippen LogP contribution in [0, 0.1) is 11.3 Å². The largest absolute Gasteiger partial charge is 0.381 e. The number of nitrogens with zero attached hydrogens (tertiary/aromatic N) is 3. The van der Waals surface area contributed by atoms with Crippen LogP contribution in [0.1, 0.15) is 44.1 Å². The van der Waals surface area contributed by atoms with Gasteiger partial charge in [-0.1, -0.05) is 0 Å². The summed E-state index contributed by atoms with van der Waals surface area (Å²) in [6.45, 7) is 4.44. The van der Waals surface area contributed by atoms with Crippen LogP contribution in [-0.4, -0.2) is 59.4 Å². The summed E-state index contributed by atoms with van der Waals surface area (Å²) >= 11 is 0. The number of carbonyl (C=O) groups excluding carboxylic acids is 2. The molecular weight excluding hydrogens is 342 g/mol. The van der Waals surface area contributed by atoms with E-state index in [1.54, 1.807) is 12.4 Å². The minimum Gasteiger partial charge on any atom is -0.381 e. The van der Waals surface area contributed by atoms with Crippen molar-refractivity contribution < 1.29 is 14.3 Å². The lowest BCUT2D eigenvalue weighted by atomic mass is 9.73. The van der Waals surface area contributed by atoms with Gasteiger partial charge in [0.05, 0.1) is 0 Å². The number of hydrogen-bond acceptors (Lipinski definition) is 4. The SMILES string of the molecule is O=C1CC[C@@]2(CCCN(C(=O)C3CCOCC3)C2)CN1Cc1ccncc1. The van der Waals surface area contributed by atoms with Crippen molar-refractivity contribution in [1.29, 1.82) is 0 Å². The molecule has 0 bridgehead atoms. The standard InChI is InChI=1S/C21H29N3O3/c25-19-2-8-21(16-24(19)14-17-3-9-22-10-4-17)7-1-11-23(15-21)20(26)18-5-12-27-13-6-18/h3-4,9-10,18H,1-2,5-8,11-16H2/t21-/m1/s1. The predicted octanol–water partition coefficient (Wildman–Crippen LogP) is 2.24. The lowest BCUT2D eigenvalue weighted by molar-refractivity contribution is -0.147. The molecule has 4 rings (SSSR count). The Hall–Kier alpha value is -1.95. The number of ether oxygens (including phenoxy) is 1. The highest BCUT2D eigenvalue weighted by Gasteiger charge is 2.43. The summed E-state index contributed by atoms with van der Waals surface area (Å²) in [5, 5.41) is 0. The highest BCUT2D eigenvalue weighted by molar-refractivity contribution is 5.79. The second kappa shape index (κ2) is 7.97. The summed E-state index contributed by atoms with van der Waals surface area (Å²) in [7, 11) is 0. The lowest BCUT2D eigenvalue weighted by Crippen LogP contribution is -2.55. The van der Waals surface area contributed by atoms with Crippen LogP contribution >= 0.6 is 0 Å². The minimum absolute atomic E-state index is 0.0556. The van der Waals surface area contributed by atoms with Gasteiger partial charge in [0.15, 0.2) is 0 Å². The fourth-order valence-electron chi connectivity index (χ4n) is 4.89. The van der Waals surface area contributed by atoms with Crippen LogP contribution in [0.5, 0.6) is 0 Å². The Kier molecular flexibility index (Phi) is 5.43. The van der Waals surface area contributed by atoms with Crippen molar-refractivity contribution in [2.45, 2.75) is 45.1 Å². The van der Waals surface area contributed by atoms with Crippen molar-refractivity contribution in [3.8, 4) is 0 Å². The van der Waals surface area contributed by atoms with Crippen LogP contribution in [0.3, 0.4) is 0 Å². The van der Waals surface area contributed by atoms with E-state index in [4.69, 9.17) is 4.74 Å². The number of aromatic nitrogens is 1. The van der Waals surface area contributed by atoms with Gasteiger partial charge in [0, 0.05) is 69.5 Å². The molecule has 1 aromatic heterocycles. The summed E-state index contributed by atoms with van der Waals surface area (Å²) in [4.78, 5) is 33.6. The van der Waals surface area contributed by atoms with Gasteiger partial charge in [0.25, 0.3) is 0 Å². The zero-order valence-corrected chi connectivity index (χ0v) is 15.9. The molecule has 1 atom stereocenters. The van der Waals surface area contributed by atoms with Crippen molar-refractivity contribution in [3.05, 3.63) is 30.1 Å². The van der Waals surface area contributed by atoms with Crippen LogP contribution in [0.2, 0.25) is 0 Å². The van der Waals surface area contributed by atoms with E-state index in [0.29, 0.717) is 32.1 Å². The number of amides is 2. The maximum absolute atomic E-state index is 13.0. The third-order valence-corrected chi connectivity index (χ3v) is 6.41. The summed E-state index contributed by atoms with van der Waals surface area (Å²) in [6, 6.07) is 3.94. The smallest absolute Gasteiger partial charge is 0.225 e. The van der Waals surface area contributed by atoms with Crippen LogP contribution in [-0.2, 0) is 20.9 Å². The molecule has 3 aliphatic rings. The van der Waals surface area contributed by atoms with Gasteiger partial charge in [-0.2, -0.15) is 0 Å². The van der Waals surface area contributed by atoms with E-state index in [1.165, 1.54) is 0 Å². The van der Waals surface area contributed by atoms with Gasteiger partial charge in [0.1, 0.15) is 0 Å². The first kappa shape index (κ1) is 18.4. The van der Waals surface area contributed by atoms with E-state index in [2.05, 4.69) is 9.88 Å². The molecule has 6 nitrogen and oxygen atoms in total. The molecule has 0 aliphatic carbocycles. The molecule has 2 amide bonds. The van der Waals surface area contributed by atoms with E-state index in [-0.39, 0.29) is 17.2 Å². The first-order valence-electron chi connectivity index (χ1n) is 10.2. The first-order chi connectivity index (χ1) is 13.2. The number of rotatable bonds is 3. The van der Waals surface area contributed by atoms with E-state index < -0.39 is 0 Å². The fourth-order valence-corrected chi connectivity index (χ4v) is 4.89. The molecule has 0 unspecified atom stereocenters.